The predicted octanol–water partition coefficient (Wildman–Crippen LogP) is 10.1. The fraction of sp³-hybridized carbons (Fsp3) is 0.455. The highest BCUT2D eigenvalue weighted by atomic mass is 28.4. The molecule has 2 amide bonds. The van der Waals surface area contributed by atoms with Gasteiger partial charge in [-0.2, -0.15) is 0 Å². The molecule has 2 bridgehead atoms. The lowest BCUT2D eigenvalue weighted by Crippen LogP contribution is -2.53. The first-order valence-electron chi connectivity index (χ1n) is 24.3. The van der Waals surface area contributed by atoms with Crippen molar-refractivity contribution in [3.05, 3.63) is 142 Å². The second-order valence-corrected chi connectivity index (χ2v) is 25.8. The van der Waals surface area contributed by atoms with Gasteiger partial charge in [0.2, 0.25) is 17.1 Å². The standard InChI is InChI=1S/C55H70N4O9Si/c1-53(2,3)67-52(63)59(36-47(68-69(7,8)54(4,5)6)43-25-27-45(50-44(43)26-28-49(61)57-50)65-37-38-18-11-9-12-19-38)31-16-15-24-48(60)56-42-23-17-22-41(34-42)55(64,40-20-13-10-14-21-40)51(62)66-46-35-58-32-29-39(46)30-33-58/h9-14,17-23,25-28,34,39,46-47,64H,15-16,24,29-33,35-37H2,1-8H3,(H,56,60)(H,57,61)/t46-,47-,55?/m0/s1. The summed E-state index contributed by atoms with van der Waals surface area (Å²) in [5, 5.41) is 15.9. The zero-order chi connectivity index (χ0) is 49.6. The van der Waals surface area contributed by atoms with Gasteiger partial charge in [-0.1, -0.05) is 99.6 Å². The zero-order valence-electron chi connectivity index (χ0n) is 41.5. The molecule has 0 saturated carbocycles. The van der Waals surface area contributed by atoms with Gasteiger partial charge in [0.15, 0.2) is 8.32 Å². The van der Waals surface area contributed by atoms with E-state index in [4.69, 9.17) is 18.6 Å². The van der Waals surface area contributed by atoms with E-state index in [0.717, 1.165) is 42.4 Å². The maximum Gasteiger partial charge on any atom is 0.410 e. The number of piperidine rings is 3. The van der Waals surface area contributed by atoms with Gasteiger partial charge in [0, 0.05) is 42.2 Å². The van der Waals surface area contributed by atoms with E-state index < -0.39 is 37.7 Å². The van der Waals surface area contributed by atoms with Crippen molar-refractivity contribution in [2.45, 2.75) is 122 Å². The predicted molar refractivity (Wildman–Crippen MR) is 272 cm³/mol. The number of anilines is 1. The Kier molecular flexibility index (Phi) is 15.9. The first kappa shape index (κ1) is 51.1. The van der Waals surface area contributed by atoms with Crippen LogP contribution in [0.3, 0.4) is 0 Å². The molecule has 69 heavy (non-hydrogen) atoms. The number of benzene rings is 4. The van der Waals surface area contributed by atoms with E-state index >= 15 is 0 Å². The molecule has 3 aliphatic rings. The molecule has 14 heteroatoms. The number of hydrogen-bond acceptors (Lipinski definition) is 10. The summed E-state index contributed by atoms with van der Waals surface area (Å²) in [6, 6.07) is 32.3. The van der Waals surface area contributed by atoms with Crippen molar-refractivity contribution in [2.24, 2.45) is 5.92 Å². The average Bonchev–Trinajstić information content (AvgIpc) is 3.31. The molecule has 0 radical (unpaired) electrons. The average molecular weight is 959 g/mol. The van der Waals surface area contributed by atoms with Crippen molar-refractivity contribution in [1.82, 2.24) is 14.8 Å². The summed E-state index contributed by atoms with van der Waals surface area (Å²) in [4.78, 5) is 61.5. The van der Waals surface area contributed by atoms with Gasteiger partial charge >= 0.3 is 12.1 Å². The highest BCUT2D eigenvalue weighted by molar-refractivity contribution is 6.74. The van der Waals surface area contributed by atoms with Gasteiger partial charge in [-0.15, -0.1) is 0 Å². The van der Waals surface area contributed by atoms with Gasteiger partial charge in [0.1, 0.15) is 24.1 Å². The van der Waals surface area contributed by atoms with Crippen LogP contribution in [0.15, 0.2) is 114 Å². The first-order chi connectivity index (χ1) is 32.7. The van der Waals surface area contributed by atoms with Crippen LogP contribution in [0.25, 0.3) is 10.9 Å². The normalized spacial score (nSPS) is 18.5. The molecule has 5 aromatic rings. The number of H-pyrrole nitrogens is 1. The van der Waals surface area contributed by atoms with Crippen LogP contribution in [-0.2, 0) is 35.7 Å². The number of carbonyl (C=O) groups excluding carboxylic acids is 3. The third-order valence-corrected chi connectivity index (χ3v) is 18.2. The lowest BCUT2D eigenvalue weighted by atomic mass is 9.84. The van der Waals surface area contributed by atoms with Crippen LogP contribution < -0.4 is 15.6 Å². The molecule has 3 fully saturated rings. The van der Waals surface area contributed by atoms with E-state index in [1.807, 2.05) is 69.3 Å². The number of aliphatic hydroxyl groups is 1. The molecule has 3 N–H and O–H groups in total. The zero-order valence-corrected chi connectivity index (χ0v) is 42.5. The maximum absolute atomic E-state index is 14.1. The van der Waals surface area contributed by atoms with Crippen LogP contribution in [0.5, 0.6) is 5.75 Å². The fourth-order valence-electron chi connectivity index (χ4n) is 8.88. The molecule has 4 heterocycles. The summed E-state index contributed by atoms with van der Waals surface area (Å²) < 4.78 is 25.5. The van der Waals surface area contributed by atoms with E-state index in [2.05, 4.69) is 49.1 Å². The van der Waals surface area contributed by atoms with E-state index in [1.54, 1.807) is 59.5 Å². The number of amides is 2. The molecule has 1 unspecified atom stereocenters. The third kappa shape index (κ3) is 12.7. The van der Waals surface area contributed by atoms with Crippen molar-refractivity contribution in [3.63, 3.8) is 0 Å². The molecular formula is C55H70N4O9Si. The molecule has 0 aliphatic carbocycles. The Morgan fingerprint density at radius 1 is 0.855 bits per heavy atom. The molecule has 4 aromatic carbocycles. The second kappa shape index (κ2) is 21.5. The number of hydrogen-bond donors (Lipinski definition) is 3. The highest BCUT2D eigenvalue weighted by Gasteiger charge is 2.46. The summed E-state index contributed by atoms with van der Waals surface area (Å²) in [5.74, 6) is -0.224. The summed E-state index contributed by atoms with van der Waals surface area (Å²) in [6.07, 6.45) is 1.54. The Balaban J connectivity index is 1.07. The van der Waals surface area contributed by atoms with Crippen molar-refractivity contribution >= 4 is 42.9 Å². The van der Waals surface area contributed by atoms with Crippen LogP contribution in [0.2, 0.25) is 18.1 Å². The van der Waals surface area contributed by atoms with E-state index in [-0.39, 0.29) is 53.6 Å². The number of esters is 1. The van der Waals surface area contributed by atoms with E-state index in [0.29, 0.717) is 48.5 Å². The Bertz CT molecular complexity index is 2620. The molecule has 3 saturated heterocycles. The number of fused-ring (bicyclic) bond motifs is 4. The largest absolute Gasteiger partial charge is 0.487 e. The molecule has 13 nitrogen and oxygen atoms in total. The summed E-state index contributed by atoms with van der Waals surface area (Å²) in [5.41, 5.74) is 0.243. The first-order valence-corrected chi connectivity index (χ1v) is 27.2. The van der Waals surface area contributed by atoms with Gasteiger partial charge in [0.25, 0.3) is 0 Å². The lowest BCUT2D eigenvalue weighted by molar-refractivity contribution is -0.177. The van der Waals surface area contributed by atoms with Crippen LogP contribution in [0.1, 0.15) is 102 Å². The van der Waals surface area contributed by atoms with E-state index in [1.165, 1.54) is 6.07 Å². The number of pyridine rings is 1. The smallest absolute Gasteiger partial charge is 0.410 e. The molecule has 1 aromatic heterocycles. The molecule has 8 rings (SSSR count). The minimum atomic E-state index is -2.49. The summed E-state index contributed by atoms with van der Waals surface area (Å²) in [7, 11) is -2.49. The Morgan fingerprint density at radius 3 is 2.19 bits per heavy atom. The maximum atomic E-state index is 14.1. The van der Waals surface area contributed by atoms with Gasteiger partial charge in [0.05, 0.1) is 18.2 Å². The summed E-state index contributed by atoms with van der Waals surface area (Å²) in [6.45, 7) is 19.6. The van der Waals surface area contributed by atoms with Gasteiger partial charge in [-0.05, 0) is 125 Å². The topological polar surface area (TPSA) is 160 Å². The van der Waals surface area contributed by atoms with Gasteiger partial charge < -0.3 is 38.9 Å². The molecule has 368 valence electrons. The second-order valence-electron chi connectivity index (χ2n) is 21.1. The number of nitrogens with one attached hydrogen (secondary N) is 2. The van der Waals surface area contributed by atoms with Crippen LogP contribution >= 0.6 is 0 Å². The number of ether oxygens (including phenoxy) is 3. The molecule has 0 spiro atoms. The highest BCUT2D eigenvalue weighted by Crippen LogP contribution is 2.42. The number of nitrogens with zero attached hydrogens (tertiary/aromatic N) is 2. The van der Waals surface area contributed by atoms with Crippen LogP contribution in [0, 0.1) is 5.92 Å². The number of aromatic amines is 1. The Morgan fingerprint density at radius 2 is 1.54 bits per heavy atom. The number of unbranched alkanes of at least 4 members (excludes halogenated alkanes) is 1. The van der Waals surface area contributed by atoms with Gasteiger partial charge in [-0.3, -0.25) is 14.5 Å². The fourth-order valence-corrected chi connectivity index (χ4v) is 10.1. The van der Waals surface area contributed by atoms with Crippen LogP contribution in [-0.4, -0.2) is 90.6 Å². The molecular weight excluding hydrogens is 889 g/mol. The number of carbonyl (C=O) groups is 3. The Labute approximate surface area is 407 Å². The monoisotopic (exact) mass is 958 g/mol. The lowest BCUT2D eigenvalue weighted by Gasteiger charge is -2.44. The SMILES string of the molecule is CC(C)(C)OC(=O)N(CCCCC(=O)Nc1cccc(C(O)(C(=O)O[C@H]2CN3CCC2CC3)c2ccccc2)c1)C[C@H](O[Si](C)(C)C(C)(C)C)c1ccc(OCc2ccccc2)c2[nH]c(=O)ccc12. The summed E-state index contributed by atoms with van der Waals surface area (Å²) >= 11 is 0. The Hall–Kier alpha value is -5.80. The van der Waals surface area contributed by atoms with Crippen molar-refractivity contribution in [2.75, 3.05) is 38.0 Å². The van der Waals surface area contributed by atoms with Crippen LogP contribution in [0.4, 0.5) is 10.5 Å². The third-order valence-electron chi connectivity index (χ3n) is 13.7. The van der Waals surface area contributed by atoms with E-state index in [9.17, 15) is 24.3 Å². The number of aromatic nitrogens is 1. The quantitative estimate of drug-likeness (QED) is 0.0438. The molecule has 3 atom stereocenters. The minimum absolute atomic E-state index is 0.142. The molecule has 3 aliphatic heterocycles. The van der Waals surface area contributed by atoms with Crippen molar-refractivity contribution < 1.29 is 38.1 Å². The number of rotatable bonds is 18. The van der Waals surface area contributed by atoms with Gasteiger partial charge in [-0.25, -0.2) is 9.59 Å². The van der Waals surface area contributed by atoms with Crippen molar-refractivity contribution in [3.8, 4) is 5.75 Å². The van der Waals surface area contributed by atoms with Crippen molar-refractivity contribution in [1.29, 1.82) is 0 Å². The minimum Gasteiger partial charge on any atom is -0.487 e.